The Hall–Kier alpha value is -3.82. The minimum absolute atomic E-state index is 0.113. The van der Waals surface area contributed by atoms with Gasteiger partial charge in [0.15, 0.2) is 18.1 Å². The number of nitro groups is 1. The Labute approximate surface area is 159 Å². The third-order valence-corrected chi connectivity index (χ3v) is 3.46. The third kappa shape index (κ3) is 5.87. The predicted molar refractivity (Wildman–Crippen MR) is 96.7 cm³/mol. The van der Waals surface area contributed by atoms with Crippen LogP contribution in [0, 0.1) is 10.1 Å². The molecule has 0 atom stereocenters. The van der Waals surface area contributed by atoms with Crippen LogP contribution >= 0.6 is 0 Å². The van der Waals surface area contributed by atoms with E-state index in [1.807, 2.05) is 0 Å². The molecule has 28 heavy (non-hydrogen) atoms. The van der Waals surface area contributed by atoms with E-state index in [0.717, 1.165) is 17.7 Å². The molecule has 1 heterocycles. The maximum absolute atomic E-state index is 11.8. The molecule has 1 aromatic carbocycles. The first-order valence-electron chi connectivity index (χ1n) is 7.99. The first kappa shape index (κ1) is 20.5. The van der Waals surface area contributed by atoms with Crippen LogP contribution in [0.2, 0.25) is 0 Å². The molecule has 0 saturated heterocycles. The Morgan fingerprint density at radius 2 is 1.93 bits per heavy atom. The summed E-state index contributed by atoms with van der Waals surface area (Å²) in [6.07, 6.45) is 2.21. The maximum atomic E-state index is 11.8. The van der Waals surface area contributed by atoms with E-state index in [2.05, 4.69) is 5.32 Å². The van der Waals surface area contributed by atoms with Gasteiger partial charge in [-0.05, 0) is 29.8 Å². The zero-order chi connectivity index (χ0) is 20.5. The number of esters is 1. The van der Waals surface area contributed by atoms with Gasteiger partial charge < -0.3 is 23.9 Å². The van der Waals surface area contributed by atoms with Crippen molar-refractivity contribution in [3.05, 3.63) is 57.8 Å². The number of hydrogen-bond acceptors (Lipinski definition) is 8. The summed E-state index contributed by atoms with van der Waals surface area (Å²) in [5.41, 5.74) is 0.775. The molecule has 1 N–H and O–H groups in total. The largest absolute Gasteiger partial charge is 0.493 e. The molecule has 10 nitrogen and oxygen atoms in total. The van der Waals surface area contributed by atoms with Crippen molar-refractivity contribution >= 4 is 23.8 Å². The number of amides is 1. The van der Waals surface area contributed by atoms with Gasteiger partial charge >= 0.3 is 11.9 Å². The van der Waals surface area contributed by atoms with Crippen molar-refractivity contribution in [1.82, 2.24) is 5.32 Å². The molecule has 0 unspecified atom stereocenters. The van der Waals surface area contributed by atoms with Crippen LogP contribution < -0.4 is 14.8 Å². The smallest absolute Gasteiger partial charge is 0.433 e. The standard InChI is InChI=1S/C18H18N2O8/c1-25-14-6-3-12(9-15(14)26-2)10-19-16(21)11-27-18(22)8-5-13-4-7-17(28-13)20(23)24/h3-9H,10-11H2,1-2H3,(H,19,21)/b8-5+. The lowest BCUT2D eigenvalue weighted by molar-refractivity contribution is -0.402. The van der Waals surface area contributed by atoms with Gasteiger partial charge in [-0.25, -0.2) is 4.79 Å². The SMILES string of the molecule is COc1ccc(CNC(=O)COC(=O)/C=C/c2ccc([N+](=O)[O-])o2)cc1OC. The van der Waals surface area contributed by atoms with Gasteiger partial charge in [-0.3, -0.25) is 14.9 Å². The molecule has 10 heteroatoms. The van der Waals surface area contributed by atoms with Gasteiger partial charge in [0.05, 0.1) is 20.3 Å². The summed E-state index contributed by atoms with van der Waals surface area (Å²) in [6.45, 7) is -0.266. The van der Waals surface area contributed by atoms with Crippen LogP contribution in [0.5, 0.6) is 11.5 Å². The summed E-state index contributed by atoms with van der Waals surface area (Å²) in [5, 5.41) is 13.1. The van der Waals surface area contributed by atoms with Crippen molar-refractivity contribution in [2.24, 2.45) is 0 Å². The van der Waals surface area contributed by atoms with E-state index in [1.54, 1.807) is 18.2 Å². The lowest BCUT2D eigenvalue weighted by atomic mass is 10.2. The van der Waals surface area contributed by atoms with Gasteiger partial charge in [0.25, 0.3) is 5.91 Å². The molecule has 0 aliphatic carbocycles. The number of rotatable bonds is 9. The molecule has 0 bridgehead atoms. The Kier molecular flexibility index (Phi) is 7.14. The van der Waals surface area contributed by atoms with Crippen LogP contribution in [-0.4, -0.2) is 37.6 Å². The van der Waals surface area contributed by atoms with Crippen LogP contribution in [0.3, 0.4) is 0 Å². The molecule has 0 spiro atoms. The second kappa shape index (κ2) is 9.76. The molecule has 0 aliphatic rings. The fourth-order valence-corrected chi connectivity index (χ4v) is 2.11. The summed E-state index contributed by atoms with van der Waals surface area (Å²) < 4.78 is 20.0. The minimum atomic E-state index is -0.791. The molecule has 1 amide bonds. The molecular weight excluding hydrogens is 372 g/mol. The van der Waals surface area contributed by atoms with Crippen molar-refractivity contribution in [3.63, 3.8) is 0 Å². The first-order valence-corrected chi connectivity index (χ1v) is 7.99. The number of nitrogens with one attached hydrogen (secondary N) is 1. The summed E-state index contributed by atoms with van der Waals surface area (Å²) >= 11 is 0. The normalized spacial score (nSPS) is 10.5. The summed E-state index contributed by atoms with van der Waals surface area (Å²) in [7, 11) is 3.03. The Morgan fingerprint density at radius 3 is 2.57 bits per heavy atom. The highest BCUT2D eigenvalue weighted by atomic mass is 16.6. The molecule has 0 saturated carbocycles. The minimum Gasteiger partial charge on any atom is -0.493 e. The van der Waals surface area contributed by atoms with Crippen LogP contribution in [0.15, 0.2) is 40.8 Å². The van der Waals surface area contributed by atoms with Crippen molar-refractivity contribution in [2.75, 3.05) is 20.8 Å². The molecule has 2 aromatic rings. The van der Waals surface area contributed by atoms with Crippen molar-refractivity contribution in [3.8, 4) is 11.5 Å². The van der Waals surface area contributed by atoms with E-state index in [-0.39, 0.29) is 12.3 Å². The topological polar surface area (TPSA) is 130 Å². The molecule has 0 aliphatic heterocycles. The monoisotopic (exact) mass is 390 g/mol. The molecule has 1 aromatic heterocycles. The Morgan fingerprint density at radius 1 is 1.18 bits per heavy atom. The van der Waals surface area contributed by atoms with E-state index >= 15 is 0 Å². The second-order valence-electron chi connectivity index (χ2n) is 5.34. The number of hydrogen-bond donors (Lipinski definition) is 1. The highest BCUT2D eigenvalue weighted by Gasteiger charge is 2.11. The zero-order valence-corrected chi connectivity index (χ0v) is 15.2. The van der Waals surface area contributed by atoms with Gasteiger partial charge in [0.2, 0.25) is 0 Å². The van der Waals surface area contributed by atoms with E-state index in [4.69, 9.17) is 18.6 Å². The highest BCUT2D eigenvalue weighted by molar-refractivity contribution is 5.88. The number of nitrogens with zero attached hydrogens (tertiary/aromatic N) is 1. The molecule has 0 radical (unpaired) electrons. The van der Waals surface area contributed by atoms with Crippen LogP contribution in [0.25, 0.3) is 6.08 Å². The van der Waals surface area contributed by atoms with Gasteiger partial charge in [0.1, 0.15) is 10.7 Å². The number of methoxy groups -OCH3 is 2. The summed E-state index contributed by atoms with van der Waals surface area (Å²) in [4.78, 5) is 33.2. The summed E-state index contributed by atoms with van der Waals surface area (Å²) in [5.74, 6) is -0.515. The molecule has 2 rings (SSSR count). The van der Waals surface area contributed by atoms with Crippen LogP contribution in [0.4, 0.5) is 5.88 Å². The fraction of sp³-hybridized carbons (Fsp3) is 0.222. The fourth-order valence-electron chi connectivity index (χ4n) is 2.11. The second-order valence-corrected chi connectivity index (χ2v) is 5.34. The van der Waals surface area contributed by atoms with E-state index in [9.17, 15) is 19.7 Å². The maximum Gasteiger partial charge on any atom is 0.433 e. The number of benzene rings is 1. The summed E-state index contributed by atoms with van der Waals surface area (Å²) in [6, 6.07) is 7.68. The van der Waals surface area contributed by atoms with Crippen LogP contribution in [-0.2, 0) is 20.9 Å². The molecular formula is C18H18N2O8. The van der Waals surface area contributed by atoms with Gasteiger partial charge in [0, 0.05) is 12.6 Å². The van der Waals surface area contributed by atoms with Crippen molar-refractivity contribution in [2.45, 2.75) is 6.54 Å². The van der Waals surface area contributed by atoms with Gasteiger partial charge in [-0.1, -0.05) is 6.07 Å². The Bertz CT molecular complexity index is 887. The lowest BCUT2D eigenvalue weighted by Crippen LogP contribution is -2.28. The zero-order valence-electron chi connectivity index (χ0n) is 15.2. The average molecular weight is 390 g/mol. The van der Waals surface area contributed by atoms with Crippen LogP contribution in [0.1, 0.15) is 11.3 Å². The Balaban J connectivity index is 1.77. The number of furan rings is 1. The molecule has 0 fully saturated rings. The molecule has 148 valence electrons. The lowest BCUT2D eigenvalue weighted by Gasteiger charge is -2.10. The number of carbonyl (C=O) groups excluding carboxylic acids is 2. The quantitative estimate of drug-likeness (QED) is 0.298. The number of carbonyl (C=O) groups is 2. The number of ether oxygens (including phenoxy) is 3. The first-order chi connectivity index (χ1) is 13.4. The van der Waals surface area contributed by atoms with Crippen molar-refractivity contribution in [1.29, 1.82) is 0 Å². The van der Waals surface area contributed by atoms with Crippen molar-refractivity contribution < 1.29 is 33.1 Å². The highest BCUT2D eigenvalue weighted by Crippen LogP contribution is 2.27. The average Bonchev–Trinajstić information content (AvgIpc) is 3.18. The van der Waals surface area contributed by atoms with E-state index in [0.29, 0.717) is 11.5 Å². The predicted octanol–water partition coefficient (Wildman–Crippen LogP) is 2.08. The van der Waals surface area contributed by atoms with E-state index in [1.165, 1.54) is 26.4 Å². The van der Waals surface area contributed by atoms with Gasteiger partial charge in [-0.2, -0.15) is 0 Å². The van der Waals surface area contributed by atoms with Gasteiger partial charge in [-0.15, -0.1) is 0 Å². The van der Waals surface area contributed by atoms with E-state index < -0.39 is 29.3 Å². The third-order valence-electron chi connectivity index (χ3n) is 3.46.